The molecule has 0 saturated heterocycles. The monoisotopic (exact) mass is 468 g/mol. The molecule has 1 aromatic carbocycles. The number of carbonyl (C=O) groups excluding carboxylic acids is 1. The molecule has 4 aromatic heterocycles. The number of pyridine rings is 2. The van der Waals surface area contributed by atoms with Gasteiger partial charge in [0.15, 0.2) is 5.65 Å². The van der Waals surface area contributed by atoms with Gasteiger partial charge in [-0.1, -0.05) is 0 Å². The van der Waals surface area contributed by atoms with E-state index in [1.807, 2.05) is 39.0 Å². The smallest absolute Gasteiger partial charge is 0.253 e. The average molecular weight is 469 g/mol. The van der Waals surface area contributed by atoms with Gasteiger partial charge in [0, 0.05) is 63.7 Å². The van der Waals surface area contributed by atoms with E-state index in [1.54, 1.807) is 12.4 Å². The number of fused-ring (bicyclic) bond motifs is 2. The van der Waals surface area contributed by atoms with Crippen LogP contribution in [-0.4, -0.2) is 30.6 Å². The zero-order valence-electron chi connectivity index (χ0n) is 20.5. The minimum Gasteiger partial charge on any atom is -0.348 e. The molecule has 3 N–H and O–H groups in total. The standard InChI is InChI=1S/C27H28N6O2/c1-14(2)33-13-16(4)24-21(26(34)29-12-22-15(3)6-17(5)31-27(22)35)8-18(9-23(24)33)19-7-20-11-30-32-25(20)28-10-19/h6-11,13-14H,12H2,1-5H3,(H,29,34)(H,31,35)(H,28,30,32). The van der Waals surface area contributed by atoms with Crippen LogP contribution in [0.2, 0.25) is 0 Å². The SMILES string of the molecule is Cc1cc(C)c(CNC(=O)c2cc(-c3cnc4[nH]ncc4c3)cc3c2c(C)cn3C(C)C)c(=O)[nH]1. The molecule has 35 heavy (non-hydrogen) atoms. The second-order valence-corrected chi connectivity index (χ2v) is 9.39. The summed E-state index contributed by atoms with van der Waals surface area (Å²) in [5.41, 5.74) is 7.12. The largest absolute Gasteiger partial charge is 0.348 e. The number of H-pyrrole nitrogens is 2. The van der Waals surface area contributed by atoms with Crippen LogP contribution in [0.4, 0.5) is 0 Å². The Labute approximate surface area is 202 Å². The lowest BCUT2D eigenvalue weighted by Crippen LogP contribution is -2.28. The predicted octanol–water partition coefficient (Wildman–Crippen LogP) is 4.70. The second-order valence-electron chi connectivity index (χ2n) is 9.39. The molecular weight excluding hydrogens is 440 g/mol. The molecular formula is C27H28N6O2. The van der Waals surface area contributed by atoms with E-state index < -0.39 is 0 Å². The Bertz CT molecular complexity index is 1650. The Kier molecular flexibility index (Phi) is 5.51. The van der Waals surface area contributed by atoms with E-state index in [-0.39, 0.29) is 24.1 Å². The van der Waals surface area contributed by atoms with Crippen LogP contribution >= 0.6 is 0 Å². The van der Waals surface area contributed by atoms with E-state index in [0.29, 0.717) is 16.8 Å². The molecule has 0 radical (unpaired) electrons. The molecule has 0 aliphatic heterocycles. The number of carbonyl (C=O) groups is 1. The summed E-state index contributed by atoms with van der Waals surface area (Å²) in [4.78, 5) is 33.3. The highest BCUT2D eigenvalue weighted by Crippen LogP contribution is 2.33. The van der Waals surface area contributed by atoms with Crippen molar-refractivity contribution in [2.75, 3.05) is 0 Å². The molecule has 5 aromatic rings. The molecule has 0 aliphatic carbocycles. The summed E-state index contributed by atoms with van der Waals surface area (Å²) < 4.78 is 2.18. The van der Waals surface area contributed by atoms with Gasteiger partial charge in [0.25, 0.3) is 11.5 Å². The highest BCUT2D eigenvalue weighted by Gasteiger charge is 2.19. The Balaban J connectivity index is 1.61. The fourth-order valence-corrected chi connectivity index (χ4v) is 4.72. The Morgan fingerprint density at radius 3 is 2.60 bits per heavy atom. The number of hydrogen-bond donors (Lipinski definition) is 3. The van der Waals surface area contributed by atoms with E-state index >= 15 is 0 Å². The minimum atomic E-state index is -0.224. The van der Waals surface area contributed by atoms with Crippen molar-refractivity contribution in [3.8, 4) is 11.1 Å². The van der Waals surface area contributed by atoms with E-state index in [1.165, 1.54) is 0 Å². The Morgan fingerprint density at radius 1 is 1.06 bits per heavy atom. The van der Waals surface area contributed by atoms with Crippen LogP contribution in [0.5, 0.6) is 0 Å². The van der Waals surface area contributed by atoms with E-state index in [4.69, 9.17) is 0 Å². The number of aryl methyl sites for hydroxylation is 3. The maximum atomic E-state index is 13.5. The van der Waals surface area contributed by atoms with Gasteiger partial charge in [-0.15, -0.1) is 0 Å². The quantitative estimate of drug-likeness (QED) is 0.347. The maximum absolute atomic E-state index is 13.5. The molecule has 0 bridgehead atoms. The molecule has 4 heterocycles. The van der Waals surface area contributed by atoms with Gasteiger partial charge < -0.3 is 14.9 Å². The van der Waals surface area contributed by atoms with Crippen molar-refractivity contribution in [2.24, 2.45) is 0 Å². The number of nitrogens with zero attached hydrogens (tertiary/aromatic N) is 3. The van der Waals surface area contributed by atoms with Gasteiger partial charge in [-0.3, -0.25) is 14.7 Å². The lowest BCUT2D eigenvalue weighted by atomic mass is 9.98. The summed E-state index contributed by atoms with van der Waals surface area (Å²) in [5.74, 6) is -0.224. The first-order valence-corrected chi connectivity index (χ1v) is 11.6. The third kappa shape index (κ3) is 4.01. The Morgan fingerprint density at radius 2 is 1.86 bits per heavy atom. The van der Waals surface area contributed by atoms with Crippen molar-refractivity contribution >= 4 is 27.8 Å². The normalized spacial score (nSPS) is 11.6. The molecule has 8 heteroatoms. The molecule has 0 atom stereocenters. The van der Waals surface area contributed by atoms with E-state index in [9.17, 15) is 9.59 Å². The first kappa shape index (κ1) is 22.6. The zero-order valence-corrected chi connectivity index (χ0v) is 20.5. The summed E-state index contributed by atoms with van der Waals surface area (Å²) in [7, 11) is 0. The third-order valence-electron chi connectivity index (χ3n) is 6.47. The van der Waals surface area contributed by atoms with Gasteiger partial charge >= 0.3 is 0 Å². The second kappa shape index (κ2) is 8.54. The Hall–Kier alpha value is -4.20. The van der Waals surface area contributed by atoms with Crippen molar-refractivity contribution < 1.29 is 4.79 Å². The topological polar surface area (TPSA) is 108 Å². The fraction of sp³-hybridized carbons (Fsp3) is 0.259. The van der Waals surface area contributed by atoms with Crippen molar-refractivity contribution in [3.05, 3.63) is 81.2 Å². The number of nitrogens with one attached hydrogen (secondary N) is 3. The summed E-state index contributed by atoms with van der Waals surface area (Å²) in [6.07, 6.45) is 5.61. The number of hydrogen-bond acceptors (Lipinski definition) is 4. The molecule has 8 nitrogen and oxygen atoms in total. The molecule has 5 rings (SSSR count). The van der Waals surface area contributed by atoms with Crippen LogP contribution in [0.25, 0.3) is 33.1 Å². The molecule has 1 amide bonds. The summed E-state index contributed by atoms with van der Waals surface area (Å²) in [5, 5.41) is 11.7. The van der Waals surface area contributed by atoms with E-state index in [0.717, 1.165) is 44.2 Å². The zero-order chi connectivity index (χ0) is 24.9. The number of aromatic amines is 2. The van der Waals surface area contributed by atoms with Gasteiger partial charge in [-0.05, 0) is 75.6 Å². The van der Waals surface area contributed by atoms with E-state index in [2.05, 4.69) is 56.2 Å². The molecule has 178 valence electrons. The van der Waals surface area contributed by atoms with Crippen molar-refractivity contribution in [2.45, 2.75) is 47.2 Å². The first-order valence-electron chi connectivity index (χ1n) is 11.6. The number of benzene rings is 1. The number of rotatable bonds is 5. The van der Waals surface area contributed by atoms with Crippen LogP contribution in [0.15, 0.2) is 47.7 Å². The van der Waals surface area contributed by atoms with Crippen LogP contribution in [0.1, 0.15) is 52.6 Å². The van der Waals surface area contributed by atoms with Gasteiger partial charge in [-0.2, -0.15) is 5.10 Å². The predicted molar refractivity (Wildman–Crippen MR) is 138 cm³/mol. The van der Waals surface area contributed by atoms with Crippen LogP contribution < -0.4 is 10.9 Å². The van der Waals surface area contributed by atoms with Crippen molar-refractivity contribution in [1.29, 1.82) is 0 Å². The molecule has 0 aliphatic rings. The highest BCUT2D eigenvalue weighted by molar-refractivity contribution is 6.09. The summed E-state index contributed by atoms with van der Waals surface area (Å²) in [6.45, 7) is 10.1. The van der Waals surface area contributed by atoms with Crippen LogP contribution in [0.3, 0.4) is 0 Å². The molecule has 0 fully saturated rings. The van der Waals surface area contributed by atoms with Gasteiger partial charge in [0.1, 0.15) is 0 Å². The van der Waals surface area contributed by atoms with Crippen LogP contribution in [0, 0.1) is 20.8 Å². The third-order valence-corrected chi connectivity index (χ3v) is 6.47. The highest BCUT2D eigenvalue weighted by atomic mass is 16.1. The minimum absolute atomic E-state index is 0.151. The average Bonchev–Trinajstić information content (AvgIpc) is 3.41. The lowest BCUT2D eigenvalue weighted by molar-refractivity contribution is 0.0952. The molecule has 0 unspecified atom stereocenters. The number of amides is 1. The fourth-order valence-electron chi connectivity index (χ4n) is 4.72. The van der Waals surface area contributed by atoms with Gasteiger partial charge in [0.05, 0.1) is 6.20 Å². The summed E-state index contributed by atoms with van der Waals surface area (Å²) >= 11 is 0. The van der Waals surface area contributed by atoms with Gasteiger partial charge in [-0.25, -0.2) is 4.98 Å². The first-order chi connectivity index (χ1) is 16.7. The maximum Gasteiger partial charge on any atom is 0.253 e. The van der Waals surface area contributed by atoms with Crippen molar-refractivity contribution in [1.82, 2.24) is 30.0 Å². The van der Waals surface area contributed by atoms with Gasteiger partial charge in [0.2, 0.25) is 0 Å². The summed E-state index contributed by atoms with van der Waals surface area (Å²) in [6, 6.07) is 8.16. The molecule has 0 saturated carbocycles. The van der Waals surface area contributed by atoms with Crippen LogP contribution in [-0.2, 0) is 6.54 Å². The van der Waals surface area contributed by atoms with Crippen molar-refractivity contribution in [3.63, 3.8) is 0 Å². The lowest BCUT2D eigenvalue weighted by Gasteiger charge is -2.14. The number of aromatic nitrogens is 5. The molecule has 0 spiro atoms.